The summed E-state index contributed by atoms with van der Waals surface area (Å²) in [6, 6.07) is 6.34. The number of carbonyl (C=O) groups is 1. The van der Waals surface area contributed by atoms with Gasteiger partial charge in [0, 0.05) is 29.6 Å². The summed E-state index contributed by atoms with van der Waals surface area (Å²) in [5.74, 6) is 1.23. The van der Waals surface area contributed by atoms with Crippen LogP contribution in [-0.4, -0.2) is 30.0 Å². The summed E-state index contributed by atoms with van der Waals surface area (Å²) >= 11 is 2.02. The van der Waals surface area contributed by atoms with Gasteiger partial charge in [-0.3, -0.25) is 4.79 Å². The van der Waals surface area contributed by atoms with E-state index >= 15 is 0 Å². The lowest BCUT2D eigenvalue weighted by Gasteiger charge is -2.30. The molecule has 1 aliphatic rings. The predicted octanol–water partition coefficient (Wildman–Crippen LogP) is 3.05. The quantitative estimate of drug-likeness (QED) is 0.893. The summed E-state index contributed by atoms with van der Waals surface area (Å²) in [7, 11) is 1.66. The first kappa shape index (κ1) is 14.3. The second kappa shape index (κ2) is 6.33. The van der Waals surface area contributed by atoms with Crippen LogP contribution in [0.3, 0.4) is 0 Å². The van der Waals surface area contributed by atoms with Crippen LogP contribution in [0, 0.1) is 6.92 Å². The molecule has 3 nitrogen and oxygen atoms in total. The number of benzene rings is 1. The normalized spacial score (nSPS) is 22.9. The average molecular weight is 278 g/mol. The van der Waals surface area contributed by atoms with Gasteiger partial charge in [-0.1, -0.05) is 13.0 Å². The number of hydrogen-bond acceptors (Lipinski definition) is 3. The lowest BCUT2D eigenvalue weighted by Crippen LogP contribution is -2.33. The first-order valence-corrected chi connectivity index (χ1v) is 7.87. The minimum Gasteiger partial charge on any atom is -0.381 e. The third-order valence-corrected chi connectivity index (χ3v) is 5.05. The Hall–Kier alpha value is -1.16. The number of nitrogens with one attached hydrogen (secondary N) is 2. The highest BCUT2D eigenvalue weighted by Gasteiger charge is 2.22. The van der Waals surface area contributed by atoms with Gasteiger partial charge in [-0.2, -0.15) is 11.8 Å². The molecule has 1 heterocycles. The summed E-state index contributed by atoms with van der Waals surface area (Å²) in [4.78, 5) is 11.7. The molecule has 0 aliphatic carbocycles. The molecule has 1 aromatic carbocycles. The summed E-state index contributed by atoms with van der Waals surface area (Å²) < 4.78 is 0. The summed E-state index contributed by atoms with van der Waals surface area (Å²) in [6.07, 6.45) is 2.47. The molecule has 0 spiro atoms. The number of amides is 1. The number of hydrogen-bond donors (Lipinski definition) is 2. The molecule has 4 heteroatoms. The van der Waals surface area contributed by atoms with Crippen molar-refractivity contribution in [1.82, 2.24) is 5.32 Å². The third kappa shape index (κ3) is 3.44. The Morgan fingerprint density at radius 3 is 2.89 bits per heavy atom. The van der Waals surface area contributed by atoms with E-state index in [1.54, 1.807) is 7.05 Å². The van der Waals surface area contributed by atoms with Gasteiger partial charge in [-0.05, 0) is 43.2 Å². The molecule has 2 rings (SSSR count). The molecule has 1 amide bonds. The Morgan fingerprint density at radius 1 is 1.42 bits per heavy atom. The van der Waals surface area contributed by atoms with E-state index in [1.807, 2.05) is 30.0 Å². The highest BCUT2D eigenvalue weighted by atomic mass is 32.2. The largest absolute Gasteiger partial charge is 0.381 e. The second-order valence-corrected chi connectivity index (χ2v) is 6.56. The maximum Gasteiger partial charge on any atom is 0.251 e. The Bertz CT molecular complexity index is 461. The van der Waals surface area contributed by atoms with Crippen LogP contribution in [0.5, 0.6) is 0 Å². The molecule has 19 heavy (non-hydrogen) atoms. The molecule has 1 fully saturated rings. The van der Waals surface area contributed by atoms with Crippen LogP contribution >= 0.6 is 11.8 Å². The molecule has 2 N–H and O–H groups in total. The van der Waals surface area contributed by atoms with Crippen molar-refractivity contribution in [2.75, 3.05) is 18.1 Å². The van der Waals surface area contributed by atoms with Gasteiger partial charge in [0.25, 0.3) is 5.91 Å². The molecule has 2 unspecified atom stereocenters. The Morgan fingerprint density at radius 2 is 2.21 bits per heavy atom. The van der Waals surface area contributed by atoms with E-state index in [0.717, 1.165) is 5.69 Å². The molecular weight excluding hydrogens is 256 g/mol. The molecule has 0 bridgehead atoms. The fraction of sp³-hybridized carbons (Fsp3) is 0.533. The predicted molar refractivity (Wildman–Crippen MR) is 83.1 cm³/mol. The fourth-order valence-corrected chi connectivity index (χ4v) is 3.52. The van der Waals surface area contributed by atoms with Crippen LogP contribution < -0.4 is 10.6 Å². The number of carbonyl (C=O) groups excluding carboxylic acids is 1. The SMILES string of the molecule is CNC(=O)c1ccc(C)c(NC2CCCSC2C)c1. The third-order valence-electron chi connectivity index (χ3n) is 3.67. The van der Waals surface area contributed by atoms with E-state index in [1.165, 1.54) is 24.2 Å². The van der Waals surface area contributed by atoms with Crippen molar-refractivity contribution in [2.24, 2.45) is 0 Å². The molecule has 1 aromatic rings. The second-order valence-electron chi connectivity index (χ2n) is 5.08. The van der Waals surface area contributed by atoms with E-state index in [0.29, 0.717) is 16.9 Å². The van der Waals surface area contributed by atoms with Crippen LogP contribution in [0.15, 0.2) is 18.2 Å². The molecule has 0 saturated carbocycles. The molecule has 0 aromatic heterocycles. The Kier molecular flexibility index (Phi) is 4.75. The van der Waals surface area contributed by atoms with E-state index in [-0.39, 0.29) is 5.91 Å². The summed E-state index contributed by atoms with van der Waals surface area (Å²) in [5.41, 5.74) is 2.99. The van der Waals surface area contributed by atoms with Gasteiger partial charge in [0.1, 0.15) is 0 Å². The number of thioether (sulfide) groups is 1. The van der Waals surface area contributed by atoms with Crippen molar-refractivity contribution >= 4 is 23.4 Å². The Labute approximate surface area is 119 Å². The summed E-state index contributed by atoms with van der Waals surface area (Å²) in [5, 5.41) is 6.91. The summed E-state index contributed by atoms with van der Waals surface area (Å²) in [6.45, 7) is 4.36. The monoisotopic (exact) mass is 278 g/mol. The smallest absolute Gasteiger partial charge is 0.251 e. The van der Waals surface area contributed by atoms with Gasteiger partial charge in [0.15, 0.2) is 0 Å². The minimum atomic E-state index is -0.0332. The first-order valence-electron chi connectivity index (χ1n) is 6.82. The van der Waals surface area contributed by atoms with Crippen molar-refractivity contribution in [3.63, 3.8) is 0 Å². The van der Waals surface area contributed by atoms with Gasteiger partial charge in [0.05, 0.1) is 0 Å². The highest BCUT2D eigenvalue weighted by Crippen LogP contribution is 2.29. The van der Waals surface area contributed by atoms with Crippen molar-refractivity contribution in [2.45, 2.75) is 38.0 Å². The molecule has 0 radical (unpaired) electrons. The van der Waals surface area contributed by atoms with E-state index in [4.69, 9.17) is 0 Å². The van der Waals surface area contributed by atoms with Crippen LogP contribution in [0.1, 0.15) is 35.7 Å². The zero-order valence-electron chi connectivity index (χ0n) is 11.8. The maximum atomic E-state index is 11.7. The van der Waals surface area contributed by atoms with Gasteiger partial charge >= 0.3 is 0 Å². The van der Waals surface area contributed by atoms with Crippen LogP contribution in [0.4, 0.5) is 5.69 Å². The van der Waals surface area contributed by atoms with Gasteiger partial charge < -0.3 is 10.6 Å². The minimum absolute atomic E-state index is 0.0332. The van der Waals surface area contributed by atoms with Crippen molar-refractivity contribution in [3.8, 4) is 0 Å². The van der Waals surface area contributed by atoms with Gasteiger partial charge in [0.2, 0.25) is 0 Å². The lowest BCUT2D eigenvalue weighted by molar-refractivity contribution is 0.0963. The molecular formula is C15H22N2OS. The van der Waals surface area contributed by atoms with Gasteiger partial charge in [-0.15, -0.1) is 0 Å². The number of rotatable bonds is 3. The molecule has 2 atom stereocenters. The van der Waals surface area contributed by atoms with Crippen LogP contribution in [0.25, 0.3) is 0 Å². The van der Waals surface area contributed by atoms with Crippen LogP contribution in [-0.2, 0) is 0 Å². The zero-order chi connectivity index (χ0) is 13.8. The number of anilines is 1. The zero-order valence-corrected chi connectivity index (χ0v) is 12.6. The number of aryl methyl sites for hydroxylation is 1. The van der Waals surface area contributed by atoms with E-state index in [9.17, 15) is 4.79 Å². The Balaban J connectivity index is 2.16. The van der Waals surface area contributed by atoms with Crippen LogP contribution in [0.2, 0.25) is 0 Å². The van der Waals surface area contributed by atoms with Crippen molar-refractivity contribution in [1.29, 1.82) is 0 Å². The van der Waals surface area contributed by atoms with Gasteiger partial charge in [-0.25, -0.2) is 0 Å². The standard InChI is InChI=1S/C15H22N2OS/c1-10-6-7-12(15(18)16-3)9-14(10)17-13-5-4-8-19-11(13)2/h6-7,9,11,13,17H,4-5,8H2,1-3H3,(H,16,18). The fourth-order valence-electron chi connectivity index (χ4n) is 2.38. The molecule has 104 valence electrons. The molecule has 1 saturated heterocycles. The van der Waals surface area contributed by atoms with E-state index < -0.39 is 0 Å². The maximum absolute atomic E-state index is 11.7. The first-order chi connectivity index (χ1) is 9.11. The van der Waals surface area contributed by atoms with Crippen molar-refractivity contribution < 1.29 is 4.79 Å². The molecule has 1 aliphatic heterocycles. The van der Waals surface area contributed by atoms with Crippen molar-refractivity contribution in [3.05, 3.63) is 29.3 Å². The lowest BCUT2D eigenvalue weighted by atomic mass is 10.0. The topological polar surface area (TPSA) is 41.1 Å². The average Bonchev–Trinajstić information content (AvgIpc) is 2.42. The van der Waals surface area contributed by atoms with E-state index in [2.05, 4.69) is 24.5 Å². The highest BCUT2D eigenvalue weighted by molar-refractivity contribution is 8.00.